The van der Waals surface area contributed by atoms with Gasteiger partial charge in [-0.1, -0.05) is 18.2 Å². The molecule has 0 aliphatic carbocycles. The third kappa shape index (κ3) is 4.11. The Morgan fingerprint density at radius 3 is 2.85 bits per heavy atom. The number of carbonyl (C=O) groups is 2. The van der Waals surface area contributed by atoms with E-state index in [4.69, 9.17) is 9.47 Å². The number of carbonyl (C=O) groups excluding carboxylic acids is 2. The lowest BCUT2D eigenvalue weighted by atomic mass is 10.1. The van der Waals surface area contributed by atoms with E-state index in [0.29, 0.717) is 17.9 Å². The summed E-state index contributed by atoms with van der Waals surface area (Å²) >= 11 is 0. The summed E-state index contributed by atoms with van der Waals surface area (Å²) in [6.07, 6.45) is 2.24. The second-order valence-electron chi connectivity index (χ2n) is 6.20. The fraction of sp³-hybridized carbons (Fsp3) is 0.316. The molecule has 1 aliphatic rings. The van der Waals surface area contributed by atoms with Crippen molar-refractivity contribution in [1.29, 1.82) is 0 Å². The first-order valence-corrected chi connectivity index (χ1v) is 8.35. The van der Waals surface area contributed by atoms with E-state index in [9.17, 15) is 9.59 Å². The number of nitrogens with one attached hydrogen (secondary N) is 1. The van der Waals surface area contributed by atoms with E-state index in [1.165, 1.54) is 0 Å². The molecule has 1 aromatic heterocycles. The van der Waals surface area contributed by atoms with Gasteiger partial charge in [0, 0.05) is 26.7 Å². The number of pyridine rings is 1. The molecule has 0 fully saturated rings. The molecule has 1 amide bonds. The zero-order valence-corrected chi connectivity index (χ0v) is 14.8. The number of anilines is 1. The van der Waals surface area contributed by atoms with Gasteiger partial charge in [-0.2, -0.15) is 0 Å². The highest BCUT2D eigenvalue weighted by Crippen LogP contribution is 2.27. The predicted molar refractivity (Wildman–Crippen MR) is 96.4 cm³/mol. The summed E-state index contributed by atoms with van der Waals surface area (Å²) in [4.78, 5) is 30.0. The molecular weight excluding hydrogens is 334 g/mol. The summed E-state index contributed by atoms with van der Waals surface area (Å²) in [7, 11) is 3.57. The van der Waals surface area contributed by atoms with E-state index in [1.54, 1.807) is 37.3 Å². The van der Waals surface area contributed by atoms with Crippen LogP contribution in [0.1, 0.15) is 15.9 Å². The number of fused-ring (bicyclic) bond motifs is 1. The van der Waals surface area contributed by atoms with Crippen molar-refractivity contribution in [3.05, 3.63) is 53.7 Å². The molecule has 1 N–H and O–H groups in total. The van der Waals surface area contributed by atoms with Gasteiger partial charge in [-0.15, -0.1) is 0 Å². The molecule has 3 rings (SSSR count). The summed E-state index contributed by atoms with van der Waals surface area (Å²) < 4.78 is 10.9. The smallest absolute Gasteiger partial charge is 0.342 e. The van der Waals surface area contributed by atoms with Gasteiger partial charge in [0.15, 0.2) is 6.61 Å². The molecule has 0 saturated heterocycles. The summed E-state index contributed by atoms with van der Waals surface area (Å²) in [5.74, 6) is 0.399. The molecule has 0 radical (unpaired) electrons. The van der Waals surface area contributed by atoms with Gasteiger partial charge in [0.05, 0.1) is 6.54 Å². The van der Waals surface area contributed by atoms with Gasteiger partial charge in [0.1, 0.15) is 23.2 Å². The highest BCUT2D eigenvalue weighted by atomic mass is 16.5. The quantitative estimate of drug-likeness (QED) is 0.790. The third-order valence-corrected chi connectivity index (χ3v) is 4.01. The fourth-order valence-electron chi connectivity index (χ4n) is 2.77. The summed E-state index contributed by atoms with van der Waals surface area (Å²) in [5.41, 5.74) is 1.45. The van der Waals surface area contributed by atoms with Crippen molar-refractivity contribution in [1.82, 2.24) is 10.3 Å². The first-order valence-electron chi connectivity index (χ1n) is 8.35. The topological polar surface area (TPSA) is 80.8 Å². The Morgan fingerprint density at radius 1 is 1.27 bits per heavy atom. The van der Waals surface area contributed by atoms with Crippen molar-refractivity contribution >= 4 is 17.7 Å². The maximum Gasteiger partial charge on any atom is 0.342 e. The number of hydrogen-bond donors (Lipinski definition) is 1. The molecule has 26 heavy (non-hydrogen) atoms. The Balaban J connectivity index is 1.46. The highest BCUT2D eigenvalue weighted by Gasteiger charge is 2.23. The number of amides is 1. The van der Waals surface area contributed by atoms with E-state index in [0.717, 1.165) is 17.7 Å². The van der Waals surface area contributed by atoms with Crippen LogP contribution in [0.4, 0.5) is 5.82 Å². The van der Waals surface area contributed by atoms with Gasteiger partial charge >= 0.3 is 5.97 Å². The average Bonchev–Trinajstić information content (AvgIpc) is 3.07. The van der Waals surface area contributed by atoms with Crippen LogP contribution in [-0.2, 0) is 16.0 Å². The van der Waals surface area contributed by atoms with Crippen molar-refractivity contribution in [3.63, 3.8) is 0 Å². The summed E-state index contributed by atoms with van der Waals surface area (Å²) in [5, 5.41) is 2.74. The molecule has 0 spiro atoms. The molecule has 0 unspecified atom stereocenters. The van der Waals surface area contributed by atoms with E-state index >= 15 is 0 Å². The van der Waals surface area contributed by atoms with Gasteiger partial charge in [0.2, 0.25) is 0 Å². The predicted octanol–water partition coefficient (Wildman–Crippen LogP) is 1.42. The number of rotatable bonds is 6. The average molecular weight is 355 g/mol. The number of ether oxygens (including phenoxy) is 2. The van der Waals surface area contributed by atoms with Crippen LogP contribution >= 0.6 is 0 Å². The van der Waals surface area contributed by atoms with Crippen LogP contribution in [0.25, 0.3) is 0 Å². The second-order valence-corrected chi connectivity index (χ2v) is 6.20. The summed E-state index contributed by atoms with van der Waals surface area (Å²) in [6.45, 7) is 0.0150. The van der Waals surface area contributed by atoms with Gasteiger partial charge in [-0.05, 0) is 23.8 Å². The molecule has 0 saturated carbocycles. The van der Waals surface area contributed by atoms with E-state index in [2.05, 4.69) is 10.3 Å². The lowest BCUT2D eigenvalue weighted by Crippen LogP contribution is -2.37. The van der Waals surface area contributed by atoms with Gasteiger partial charge in [-0.25, -0.2) is 9.78 Å². The monoisotopic (exact) mass is 355 g/mol. The van der Waals surface area contributed by atoms with Gasteiger partial charge in [-0.3, -0.25) is 4.79 Å². The molecule has 2 heterocycles. The molecule has 136 valence electrons. The molecule has 2 aromatic rings. The minimum atomic E-state index is -0.582. The minimum Gasteiger partial charge on any atom is -0.488 e. The minimum absolute atomic E-state index is 0.106. The second kappa shape index (κ2) is 7.86. The van der Waals surface area contributed by atoms with E-state index < -0.39 is 5.97 Å². The maximum absolute atomic E-state index is 12.2. The number of para-hydroxylation sites is 1. The highest BCUT2D eigenvalue weighted by molar-refractivity contribution is 5.95. The summed E-state index contributed by atoms with van der Waals surface area (Å²) in [6, 6.07) is 11.1. The van der Waals surface area contributed by atoms with E-state index in [-0.39, 0.29) is 18.6 Å². The number of esters is 1. The Labute approximate surface area is 151 Å². The molecule has 7 heteroatoms. The first-order chi connectivity index (χ1) is 12.5. The van der Waals surface area contributed by atoms with Crippen molar-refractivity contribution in [3.8, 4) is 5.75 Å². The molecule has 1 aliphatic heterocycles. The largest absolute Gasteiger partial charge is 0.488 e. The zero-order valence-electron chi connectivity index (χ0n) is 14.8. The Morgan fingerprint density at radius 2 is 2.08 bits per heavy atom. The Kier molecular flexibility index (Phi) is 5.36. The fourth-order valence-corrected chi connectivity index (χ4v) is 2.77. The third-order valence-electron chi connectivity index (χ3n) is 4.01. The van der Waals surface area contributed by atoms with Crippen molar-refractivity contribution in [2.45, 2.75) is 12.5 Å². The number of aromatic nitrogens is 1. The van der Waals surface area contributed by atoms with Gasteiger partial charge < -0.3 is 19.7 Å². The van der Waals surface area contributed by atoms with Crippen molar-refractivity contribution in [2.75, 3.05) is 32.1 Å². The maximum atomic E-state index is 12.2. The lowest BCUT2D eigenvalue weighted by molar-refractivity contribution is -0.124. The van der Waals surface area contributed by atoms with Crippen LogP contribution in [0.5, 0.6) is 5.75 Å². The van der Waals surface area contributed by atoms with Crippen LogP contribution in [0.3, 0.4) is 0 Å². The first kappa shape index (κ1) is 17.7. The van der Waals surface area contributed by atoms with Crippen molar-refractivity contribution < 1.29 is 19.1 Å². The van der Waals surface area contributed by atoms with Crippen LogP contribution in [-0.4, -0.2) is 50.2 Å². The molecule has 0 bridgehead atoms. The standard InChI is InChI=1S/C19H21N3O4/c1-22(2)18-15(7-5-9-20-18)19(24)25-12-17(23)21-11-14-10-13-6-3-4-8-16(13)26-14/h3-9,14H,10-12H2,1-2H3,(H,21,23)/t14-/m0/s1. The Hall–Kier alpha value is -3.09. The Bertz CT molecular complexity index is 782. The van der Waals surface area contributed by atoms with Crippen LogP contribution < -0.4 is 15.0 Å². The normalized spacial score (nSPS) is 14.9. The molecule has 7 nitrogen and oxygen atoms in total. The zero-order chi connectivity index (χ0) is 18.5. The number of nitrogens with zero attached hydrogens (tertiary/aromatic N) is 2. The van der Waals surface area contributed by atoms with E-state index in [1.807, 2.05) is 24.3 Å². The number of benzene rings is 1. The SMILES string of the molecule is CN(C)c1ncccc1C(=O)OCC(=O)NC[C@@H]1Cc2ccccc2O1. The van der Waals surface area contributed by atoms with Crippen LogP contribution in [0.15, 0.2) is 42.6 Å². The number of hydrogen-bond acceptors (Lipinski definition) is 6. The lowest BCUT2D eigenvalue weighted by Gasteiger charge is -2.15. The molecule has 1 aromatic carbocycles. The van der Waals surface area contributed by atoms with Gasteiger partial charge in [0.25, 0.3) is 5.91 Å². The van der Waals surface area contributed by atoms with Crippen LogP contribution in [0.2, 0.25) is 0 Å². The molecule has 1 atom stereocenters. The molecular formula is C19H21N3O4. The van der Waals surface area contributed by atoms with Crippen LogP contribution in [0, 0.1) is 0 Å². The van der Waals surface area contributed by atoms with Crippen molar-refractivity contribution in [2.24, 2.45) is 0 Å².